The van der Waals surface area contributed by atoms with Gasteiger partial charge in [-0.2, -0.15) is 5.10 Å². The van der Waals surface area contributed by atoms with Crippen molar-refractivity contribution >= 4 is 6.08 Å². The number of rotatable bonds is 2. The molecule has 2 heterocycles. The van der Waals surface area contributed by atoms with Crippen molar-refractivity contribution in [1.82, 2.24) is 20.2 Å². The molecule has 0 aliphatic heterocycles. The third kappa shape index (κ3) is 2.05. The normalized spacial score (nSPS) is 10.2. The van der Waals surface area contributed by atoms with Gasteiger partial charge in [0, 0.05) is 6.20 Å². The number of H-pyrrole nitrogens is 2. The number of aryl methyl sites for hydroxylation is 1. The highest BCUT2D eigenvalue weighted by atomic mass is 16.2. The second-order valence-corrected chi connectivity index (χ2v) is 3.46. The highest BCUT2D eigenvalue weighted by Crippen LogP contribution is 2.14. The van der Waals surface area contributed by atoms with Crippen LogP contribution in [0.4, 0.5) is 0 Å². The van der Waals surface area contributed by atoms with E-state index in [4.69, 9.17) is 0 Å². The van der Waals surface area contributed by atoms with Crippen molar-refractivity contribution in [2.24, 2.45) is 0 Å². The van der Waals surface area contributed by atoms with Crippen molar-refractivity contribution < 1.29 is 0 Å². The van der Waals surface area contributed by atoms with E-state index in [9.17, 15) is 9.59 Å². The molecule has 6 heteroatoms. The maximum atomic E-state index is 11.6. The van der Waals surface area contributed by atoms with Crippen molar-refractivity contribution in [2.75, 3.05) is 0 Å². The van der Waals surface area contributed by atoms with Gasteiger partial charge in [0.2, 0.25) is 0 Å². The number of aromatic amines is 2. The monoisotopic (exact) mass is 230 g/mol. The van der Waals surface area contributed by atoms with Crippen LogP contribution in [0.3, 0.4) is 0 Å². The van der Waals surface area contributed by atoms with Gasteiger partial charge in [-0.3, -0.25) is 9.78 Å². The summed E-state index contributed by atoms with van der Waals surface area (Å²) in [5.74, 6) is 0. The zero-order valence-corrected chi connectivity index (χ0v) is 9.15. The zero-order valence-electron chi connectivity index (χ0n) is 9.15. The maximum Gasteiger partial charge on any atom is 0.325 e. The van der Waals surface area contributed by atoms with Gasteiger partial charge in [-0.15, -0.1) is 5.10 Å². The minimum Gasteiger partial charge on any atom is -0.313 e. The fraction of sp³-hybridized carbons (Fsp3) is 0.0909. The number of aromatic nitrogens is 4. The highest BCUT2D eigenvalue weighted by Gasteiger charge is 2.07. The average molecular weight is 230 g/mol. The van der Waals surface area contributed by atoms with Crippen molar-refractivity contribution in [3.05, 3.63) is 50.9 Å². The summed E-state index contributed by atoms with van der Waals surface area (Å²) in [5.41, 5.74) is 1.12. The third-order valence-corrected chi connectivity index (χ3v) is 2.33. The molecule has 17 heavy (non-hydrogen) atoms. The Morgan fingerprint density at radius 1 is 1.35 bits per heavy atom. The van der Waals surface area contributed by atoms with Gasteiger partial charge in [0.25, 0.3) is 5.56 Å². The Hall–Kier alpha value is -2.50. The van der Waals surface area contributed by atoms with Gasteiger partial charge in [-0.1, -0.05) is 12.7 Å². The Morgan fingerprint density at radius 3 is 2.76 bits per heavy atom. The van der Waals surface area contributed by atoms with E-state index < -0.39 is 11.2 Å². The minimum atomic E-state index is -0.553. The molecular weight excluding hydrogens is 220 g/mol. The van der Waals surface area contributed by atoms with Gasteiger partial charge < -0.3 is 4.98 Å². The second-order valence-electron chi connectivity index (χ2n) is 3.46. The molecule has 0 aliphatic rings. The Balaban J connectivity index is 2.65. The first-order valence-corrected chi connectivity index (χ1v) is 4.91. The molecule has 0 fully saturated rings. The van der Waals surface area contributed by atoms with Gasteiger partial charge in [-0.05, 0) is 18.6 Å². The summed E-state index contributed by atoms with van der Waals surface area (Å²) in [7, 11) is 0. The van der Waals surface area contributed by atoms with Crippen molar-refractivity contribution in [1.29, 1.82) is 0 Å². The minimum absolute atomic E-state index is 0.264. The maximum absolute atomic E-state index is 11.6. The zero-order chi connectivity index (χ0) is 12.4. The Morgan fingerprint density at radius 2 is 2.12 bits per heavy atom. The predicted octanol–water partition coefficient (Wildman–Crippen LogP) is 0.472. The quantitative estimate of drug-likeness (QED) is 0.784. The number of nitrogens with zero attached hydrogens (tertiary/aromatic N) is 2. The van der Waals surface area contributed by atoms with Crippen LogP contribution >= 0.6 is 0 Å². The Bertz CT molecular complexity index is 684. The smallest absolute Gasteiger partial charge is 0.313 e. The third-order valence-electron chi connectivity index (χ3n) is 2.33. The molecule has 0 unspecified atom stereocenters. The SMILES string of the molecule is C=Cc1cc(-c2c[nH]c(=O)[nH]c2=O)nnc1C. The van der Waals surface area contributed by atoms with E-state index >= 15 is 0 Å². The lowest BCUT2D eigenvalue weighted by molar-refractivity contribution is 0.968. The predicted molar refractivity (Wildman–Crippen MR) is 63.5 cm³/mol. The summed E-state index contributed by atoms with van der Waals surface area (Å²) >= 11 is 0. The summed E-state index contributed by atoms with van der Waals surface area (Å²) in [6, 6.07) is 1.69. The Labute approximate surface area is 96.1 Å². The van der Waals surface area contributed by atoms with E-state index in [0.717, 1.165) is 11.3 Å². The fourth-order valence-electron chi connectivity index (χ4n) is 1.41. The molecule has 0 amide bonds. The summed E-state index contributed by atoms with van der Waals surface area (Å²) < 4.78 is 0. The van der Waals surface area contributed by atoms with Crippen molar-refractivity contribution in [3.8, 4) is 11.3 Å². The van der Waals surface area contributed by atoms with Crippen LogP contribution in [0.1, 0.15) is 11.3 Å². The van der Waals surface area contributed by atoms with Crippen LogP contribution in [0.2, 0.25) is 0 Å². The number of nitrogens with one attached hydrogen (secondary N) is 2. The number of hydrogen-bond acceptors (Lipinski definition) is 4. The lowest BCUT2D eigenvalue weighted by Gasteiger charge is -2.02. The first-order valence-electron chi connectivity index (χ1n) is 4.91. The Kier molecular flexibility index (Phi) is 2.70. The van der Waals surface area contributed by atoms with E-state index in [2.05, 4.69) is 26.7 Å². The lowest BCUT2D eigenvalue weighted by atomic mass is 10.1. The van der Waals surface area contributed by atoms with Crippen LogP contribution in [-0.4, -0.2) is 20.2 Å². The molecule has 2 N–H and O–H groups in total. The molecular formula is C11H10N4O2. The van der Waals surface area contributed by atoms with Crippen molar-refractivity contribution in [3.63, 3.8) is 0 Å². The van der Waals surface area contributed by atoms with Crippen LogP contribution in [0.5, 0.6) is 0 Å². The number of hydrogen-bond donors (Lipinski definition) is 2. The van der Waals surface area contributed by atoms with E-state index in [-0.39, 0.29) is 5.56 Å². The van der Waals surface area contributed by atoms with Gasteiger partial charge in [0.1, 0.15) is 5.69 Å². The first kappa shape index (κ1) is 11.0. The highest BCUT2D eigenvalue weighted by molar-refractivity contribution is 5.61. The molecule has 86 valence electrons. The largest absolute Gasteiger partial charge is 0.325 e. The van der Waals surface area contributed by atoms with Crippen LogP contribution in [0.15, 0.2) is 28.4 Å². The molecule has 0 spiro atoms. The van der Waals surface area contributed by atoms with E-state index in [0.29, 0.717) is 5.69 Å². The van der Waals surface area contributed by atoms with Crippen LogP contribution in [0, 0.1) is 6.92 Å². The van der Waals surface area contributed by atoms with E-state index in [1.165, 1.54) is 6.20 Å². The van der Waals surface area contributed by atoms with E-state index in [1.807, 2.05) is 0 Å². The van der Waals surface area contributed by atoms with Crippen LogP contribution in [-0.2, 0) is 0 Å². The van der Waals surface area contributed by atoms with Gasteiger partial charge >= 0.3 is 5.69 Å². The van der Waals surface area contributed by atoms with Crippen molar-refractivity contribution in [2.45, 2.75) is 6.92 Å². The van der Waals surface area contributed by atoms with Gasteiger partial charge in [0.15, 0.2) is 0 Å². The summed E-state index contributed by atoms with van der Waals surface area (Å²) in [6.07, 6.45) is 2.95. The molecule has 0 bridgehead atoms. The summed E-state index contributed by atoms with van der Waals surface area (Å²) in [6.45, 7) is 5.45. The van der Waals surface area contributed by atoms with Crippen LogP contribution in [0.25, 0.3) is 17.3 Å². The molecule has 0 aromatic carbocycles. The summed E-state index contributed by atoms with van der Waals surface area (Å²) in [5, 5.41) is 7.83. The lowest BCUT2D eigenvalue weighted by Crippen LogP contribution is -2.22. The van der Waals surface area contributed by atoms with Crippen LogP contribution < -0.4 is 11.2 Å². The summed E-state index contributed by atoms with van der Waals surface area (Å²) in [4.78, 5) is 27.0. The second kappa shape index (κ2) is 4.17. The average Bonchev–Trinajstić information content (AvgIpc) is 2.30. The first-order chi connectivity index (χ1) is 8.11. The molecule has 2 aromatic heterocycles. The molecule has 0 atom stereocenters. The van der Waals surface area contributed by atoms with Gasteiger partial charge in [0.05, 0.1) is 11.3 Å². The molecule has 0 aliphatic carbocycles. The van der Waals surface area contributed by atoms with Gasteiger partial charge in [-0.25, -0.2) is 4.79 Å². The standard InChI is InChI=1S/C11H10N4O2/c1-3-7-4-9(15-14-6(7)2)8-5-12-11(17)13-10(8)16/h3-5H,1H2,2H3,(H2,12,13,16,17). The molecule has 6 nitrogen and oxygen atoms in total. The molecule has 2 aromatic rings. The topological polar surface area (TPSA) is 91.5 Å². The molecule has 0 saturated heterocycles. The molecule has 2 rings (SSSR count). The fourth-order valence-corrected chi connectivity index (χ4v) is 1.41. The van der Waals surface area contributed by atoms with E-state index in [1.54, 1.807) is 19.1 Å². The molecule has 0 radical (unpaired) electrons. The molecule has 0 saturated carbocycles.